The molecule has 0 fully saturated rings. The van der Waals surface area contributed by atoms with Crippen molar-refractivity contribution in [3.05, 3.63) is 17.7 Å². The van der Waals surface area contributed by atoms with Crippen LogP contribution in [0.25, 0.3) is 0 Å². The van der Waals surface area contributed by atoms with E-state index in [2.05, 4.69) is 13.8 Å². The molecule has 0 bridgehead atoms. The largest absolute Gasteiger partial charge is 0.496 e. The monoisotopic (exact) mass is 291 g/mol. The Hall–Kier alpha value is -0.683. The van der Waals surface area contributed by atoms with E-state index in [1.165, 1.54) is 7.11 Å². The molecule has 20 heavy (non-hydrogen) atoms. The summed E-state index contributed by atoms with van der Waals surface area (Å²) >= 11 is 0. The van der Waals surface area contributed by atoms with Crippen LogP contribution in [-0.4, -0.2) is 51.9 Å². The molecule has 0 saturated heterocycles. The molecule has 0 aliphatic rings. The van der Waals surface area contributed by atoms with Gasteiger partial charge < -0.3 is 14.2 Å². The Bertz CT molecular complexity index is 449. The zero-order valence-corrected chi connectivity index (χ0v) is 14.1. The fourth-order valence-corrected chi connectivity index (χ4v) is 2.69. The molecule has 0 aliphatic carbocycles. The van der Waals surface area contributed by atoms with Gasteiger partial charge in [-0.1, -0.05) is 13.8 Å². The van der Waals surface area contributed by atoms with Crippen LogP contribution in [0.5, 0.6) is 17.2 Å². The third-order valence-corrected chi connectivity index (χ3v) is 4.22. The van der Waals surface area contributed by atoms with Crippen LogP contribution in [0.4, 0.5) is 0 Å². The number of benzene rings is 1. The summed E-state index contributed by atoms with van der Waals surface area (Å²) in [6.07, 6.45) is 0.863. The summed E-state index contributed by atoms with van der Waals surface area (Å²) in [7, 11) is 4.83. The van der Waals surface area contributed by atoms with Crippen LogP contribution in [-0.2, 0) is 0 Å². The second kappa shape index (κ2) is 9.29. The van der Waals surface area contributed by atoms with Crippen molar-refractivity contribution in [1.82, 2.24) is 0 Å². The molecule has 1 radical (unpaired) electrons. The molecule has 0 spiro atoms. The molecule has 1 rings (SSSR count). The fraction of sp³-hybridized carbons (Fsp3) is 0.500. The number of carbonyl (C=O) groups excluding carboxylic acids is 1. The molecule has 0 heterocycles. The Morgan fingerprint density at radius 3 is 2.10 bits per heavy atom. The molecule has 1 aromatic rings. The smallest absolute Gasteiger partial charge is 0.188 e. The van der Waals surface area contributed by atoms with Crippen molar-refractivity contribution in [2.75, 3.05) is 27.5 Å². The SMILES string of the molecule is COc1ccc(OC)c(C(=O)PCC(C)C)c1OC.[Li]. The quantitative estimate of drug-likeness (QED) is 0.572. The van der Waals surface area contributed by atoms with Crippen molar-refractivity contribution in [2.24, 2.45) is 5.92 Å². The van der Waals surface area contributed by atoms with E-state index in [-0.39, 0.29) is 33.0 Å². The normalized spacial score (nSPS) is 10.5. The molecule has 1 atom stereocenters. The Labute approximate surface area is 134 Å². The summed E-state index contributed by atoms with van der Waals surface area (Å²) in [6.45, 7) is 4.20. The van der Waals surface area contributed by atoms with Gasteiger partial charge >= 0.3 is 0 Å². The minimum absolute atomic E-state index is 0. The number of ether oxygens (including phenoxy) is 3. The van der Waals surface area contributed by atoms with Gasteiger partial charge in [-0.2, -0.15) is 0 Å². The molecule has 0 saturated carbocycles. The summed E-state index contributed by atoms with van der Waals surface area (Å²) in [4.78, 5) is 12.4. The second-order valence-corrected chi connectivity index (χ2v) is 5.70. The van der Waals surface area contributed by atoms with Gasteiger partial charge in [-0.25, -0.2) is 0 Å². The maximum atomic E-state index is 12.4. The Balaban J connectivity index is 0.00000361. The van der Waals surface area contributed by atoms with Gasteiger partial charge in [0.2, 0.25) is 0 Å². The molecular weight excluding hydrogens is 270 g/mol. The predicted octanol–water partition coefficient (Wildman–Crippen LogP) is 2.81. The first-order valence-corrected chi connectivity index (χ1v) is 7.33. The molecule has 0 amide bonds. The first-order valence-electron chi connectivity index (χ1n) is 6.12. The first-order chi connectivity index (χ1) is 9.04. The number of rotatable bonds is 7. The molecule has 0 aromatic heterocycles. The van der Waals surface area contributed by atoms with Crippen molar-refractivity contribution in [3.63, 3.8) is 0 Å². The maximum Gasteiger partial charge on any atom is 0.188 e. The van der Waals surface area contributed by atoms with Gasteiger partial charge in [0.25, 0.3) is 0 Å². The molecule has 0 N–H and O–H groups in total. The molecule has 1 aromatic carbocycles. The zero-order valence-electron chi connectivity index (χ0n) is 13.1. The van der Waals surface area contributed by atoms with Crippen molar-refractivity contribution < 1.29 is 19.0 Å². The predicted molar refractivity (Wildman–Crippen MR) is 84.2 cm³/mol. The van der Waals surface area contributed by atoms with Crippen LogP contribution < -0.4 is 14.2 Å². The number of methoxy groups -OCH3 is 3. The van der Waals surface area contributed by atoms with E-state index in [0.29, 0.717) is 28.7 Å². The number of hydrogen-bond acceptors (Lipinski definition) is 4. The van der Waals surface area contributed by atoms with E-state index in [0.717, 1.165) is 6.16 Å². The third-order valence-electron chi connectivity index (χ3n) is 2.63. The minimum atomic E-state index is 0. The van der Waals surface area contributed by atoms with E-state index >= 15 is 0 Å². The van der Waals surface area contributed by atoms with E-state index in [1.807, 2.05) is 0 Å². The van der Waals surface area contributed by atoms with Gasteiger partial charge in [0.1, 0.15) is 11.3 Å². The van der Waals surface area contributed by atoms with E-state index in [1.54, 1.807) is 26.4 Å². The summed E-state index contributed by atoms with van der Waals surface area (Å²) in [5.41, 5.74) is 0.518. The maximum absolute atomic E-state index is 12.4. The van der Waals surface area contributed by atoms with Crippen LogP contribution in [0, 0.1) is 5.92 Å². The van der Waals surface area contributed by atoms with Crippen LogP contribution in [0.1, 0.15) is 24.2 Å². The van der Waals surface area contributed by atoms with Gasteiger partial charge in [-0.15, -0.1) is 0 Å². The number of carbonyl (C=O) groups is 1. The van der Waals surface area contributed by atoms with Crippen molar-refractivity contribution in [3.8, 4) is 17.2 Å². The molecule has 4 nitrogen and oxygen atoms in total. The average Bonchev–Trinajstić information content (AvgIpc) is 2.42. The van der Waals surface area contributed by atoms with E-state index < -0.39 is 0 Å². The Morgan fingerprint density at radius 1 is 1.10 bits per heavy atom. The van der Waals surface area contributed by atoms with Gasteiger partial charge in [0, 0.05) is 18.9 Å². The van der Waals surface area contributed by atoms with Crippen LogP contribution in [0.15, 0.2) is 12.1 Å². The fourth-order valence-electron chi connectivity index (χ4n) is 1.68. The van der Waals surface area contributed by atoms with Crippen molar-refractivity contribution >= 4 is 33.0 Å². The topological polar surface area (TPSA) is 44.8 Å². The second-order valence-electron chi connectivity index (χ2n) is 4.48. The average molecular weight is 291 g/mol. The Morgan fingerprint density at radius 2 is 1.65 bits per heavy atom. The Kier molecular flexibility index (Phi) is 8.97. The standard InChI is InChI=1S/C14H21O4P.Li/c1-9(2)8-19-14(15)12-10(16-3)6-7-11(17-4)13(12)18-5;/h6-7,9,19H,8H2,1-5H3;. The summed E-state index contributed by atoms with van der Waals surface area (Å²) in [6, 6.07) is 3.47. The molecule has 107 valence electrons. The molecule has 1 unspecified atom stereocenters. The first kappa shape index (κ1) is 19.3. The summed E-state index contributed by atoms with van der Waals surface area (Å²) in [5, 5.41) is 0. The van der Waals surface area contributed by atoms with Gasteiger partial charge in [0.05, 0.1) is 21.3 Å². The van der Waals surface area contributed by atoms with Gasteiger partial charge in [0.15, 0.2) is 17.0 Å². The summed E-state index contributed by atoms with van der Waals surface area (Å²) in [5.74, 6) is 2.01. The summed E-state index contributed by atoms with van der Waals surface area (Å²) < 4.78 is 15.8. The van der Waals surface area contributed by atoms with Crippen LogP contribution >= 0.6 is 8.58 Å². The molecular formula is C14H21LiO4P. The molecule has 6 heteroatoms. The van der Waals surface area contributed by atoms with Crippen molar-refractivity contribution in [2.45, 2.75) is 13.8 Å². The zero-order chi connectivity index (χ0) is 14.4. The van der Waals surface area contributed by atoms with Crippen LogP contribution in [0.3, 0.4) is 0 Å². The third kappa shape index (κ3) is 4.70. The van der Waals surface area contributed by atoms with E-state index in [9.17, 15) is 4.79 Å². The van der Waals surface area contributed by atoms with E-state index in [4.69, 9.17) is 14.2 Å². The van der Waals surface area contributed by atoms with Gasteiger partial charge in [-0.3, -0.25) is 4.79 Å². The minimum Gasteiger partial charge on any atom is -0.496 e. The van der Waals surface area contributed by atoms with Crippen LogP contribution in [0.2, 0.25) is 0 Å². The molecule has 0 aliphatic heterocycles. The van der Waals surface area contributed by atoms with Gasteiger partial charge in [-0.05, 0) is 32.8 Å². The number of hydrogen-bond donors (Lipinski definition) is 0. The van der Waals surface area contributed by atoms with Crippen molar-refractivity contribution in [1.29, 1.82) is 0 Å².